The van der Waals surface area contributed by atoms with Crippen LogP contribution < -0.4 is 16.0 Å². The zero-order chi connectivity index (χ0) is 14.8. The van der Waals surface area contributed by atoms with E-state index in [1.165, 1.54) is 6.42 Å². The van der Waals surface area contributed by atoms with Gasteiger partial charge in [0.05, 0.1) is 12.2 Å². The van der Waals surface area contributed by atoms with Gasteiger partial charge in [0.15, 0.2) is 0 Å². The SMILES string of the molecule is CC(C)CCCOCCOc1ccccc1C(=O)NN. The summed E-state index contributed by atoms with van der Waals surface area (Å²) in [5.41, 5.74) is 2.53. The number of hydrogen-bond acceptors (Lipinski definition) is 4. The minimum absolute atomic E-state index is 0.363. The molecule has 0 bridgehead atoms. The molecule has 20 heavy (non-hydrogen) atoms. The van der Waals surface area contributed by atoms with Crippen LogP contribution in [-0.4, -0.2) is 25.7 Å². The van der Waals surface area contributed by atoms with Crippen LogP contribution in [0.25, 0.3) is 0 Å². The van der Waals surface area contributed by atoms with Crippen molar-refractivity contribution in [1.29, 1.82) is 0 Å². The van der Waals surface area contributed by atoms with E-state index in [0.717, 1.165) is 13.0 Å². The first-order chi connectivity index (χ1) is 9.65. The predicted molar refractivity (Wildman–Crippen MR) is 78.5 cm³/mol. The molecule has 1 aromatic rings. The molecule has 0 aromatic heterocycles. The molecular formula is C15H24N2O3. The van der Waals surface area contributed by atoms with Gasteiger partial charge in [-0.3, -0.25) is 10.2 Å². The molecule has 0 heterocycles. The number of ether oxygens (including phenoxy) is 2. The van der Waals surface area contributed by atoms with Crippen LogP contribution in [0.2, 0.25) is 0 Å². The molecule has 0 spiro atoms. The van der Waals surface area contributed by atoms with E-state index in [9.17, 15) is 4.79 Å². The van der Waals surface area contributed by atoms with E-state index in [-0.39, 0.29) is 5.91 Å². The number of benzene rings is 1. The zero-order valence-corrected chi connectivity index (χ0v) is 12.2. The smallest absolute Gasteiger partial charge is 0.268 e. The average Bonchev–Trinajstić information content (AvgIpc) is 2.45. The van der Waals surface area contributed by atoms with Crippen LogP contribution >= 0.6 is 0 Å². The molecule has 1 aromatic carbocycles. The van der Waals surface area contributed by atoms with Gasteiger partial charge in [0.1, 0.15) is 12.4 Å². The number of carbonyl (C=O) groups is 1. The molecule has 5 nitrogen and oxygen atoms in total. The van der Waals surface area contributed by atoms with Gasteiger partial charge in [-0.15, -0.1) is 0 Å². The highest BCUT2D eigenvalue weighted by atomic mass is 16.5. The van der Waals surface area contributed by atoms with Crippen molar-refractivity contribution < 1.29 is 14.3 Å². The molecule has 0 aliphatic rings. The molecule has 1 rings (SSSR count). The van der Waals surface area contributed by atoms with Crippen molar-refractivity contribution in [3.63, 3.8) is 0 Å². The number of carbonyl (C=O) groups excluding carboxylic acids is 1. The number of hydrogen-bond donors (Lipinski definition) is 2. The lowest BCUT2D eigenvalue weighted by molar-refractivity contribution is 0.0908. The highest BCUT2D eigenvalue weighted by molar-refractivity contribution is 5.96. The lowest BCUT2D eigenvalue weighted by Gasteiger charge is -2.11. The van der Waals surface area contributed by atoms with Crippen molar-refractivity contribution in [3.8, 4) is 5.75 Å². The molecule has 0 radical (unpaired) electrons. The fraction of sp³-hybridized carbons (Fsp3) is 0.533. The topological polar surface area (TPSA) is 73.6 Å². The summed E-state index contributed by atoms with van der Waals surface area (Å²) in [6.45, 7) is 6.06. The van der Waals surface area contributed by atoms with Crippen LogP contribution in [0.1, 0.15) is 37.0 Å². The predicted octanol–water partition coefficient (Wildman–Crippen LogP) is 2.12. The Labute approximate surface area is 120 Å². The molecule has 0 aliphatic heterocycles. The number of nitrogen functional groups attached to an aromatic ring is 1. The van der Waals surface area contributed by atoms with Crippen LogP contribution in [0.5, 0.6) is 5.75 Å². The number of rotatable bonds is 9. The monoisotopic (exact) mass is 280 g/mol. The van der Waals surface area contributed by atoms with Crippen molar-refractivity contribution in [2.24, 2.45) is 11.8 Å². The number of hydrazine groups is 1. The van der Waals surface area contributed by atoms with Crippen LogP contribution in [-0.2, 0) is 4.74 Å². The zero-order valence-electron chi connectivity index (χ0n) is 12.2. The molecule has 0 saturated heterocycles. The Morgan fingerprint density at radius 3 is 2.70 bits per heavy atom. The summed E-state index contributed by atoms with van der Waals surface area (Å²) in [6, 6.07) is 6.98. The first kappa shape index (κ1) is 16.5. The van der Waals surface area contributed by atoms with Gasteiger partial charge in [-0.05, 0) is 30.9 Å². The quantitative estimate of drug-likeness (QED) is 0.314. The second-order valence-electron chi connectivity index (χ2n) is 4.97. The van der Waals surface area contributed by atoms with Crippen molar-refractivity contribution in [1.82, 2.24) is 5.43 Å². The summed E-state index contributed by atoms with van der Waals surface area (Å²) in [4.78, 5) is 11.5. The maximum absolute atomic E-state index is 11.5. The summed E-state index contributed by atoms with van der Waals surface area (Å²) < 4.78 is 11.0. The standard InChI is InChI=1S/C15H24N2O3/c1-12(2)6-5-9-19-10-11-20-14-8-4-3-7-13(14)15(18)17-16/h3-4,7-8,12H,5-6,9-11,16H2,1-2H3,(H,17,18). The summed E-state index contributed by atoms with van der Waals surface area (Å²) in [5, 5.41) is 0. The molecule has 0 fully saturated rings. The van der Waals surface area contributed by atoms with Gasteiger partial charge in [0, 0.05) is 6.61 Å². The number of para-hydroxylation sites is 1. The minimum atomic E-state index is -0.363. The Balaban J connectivity index is 2.27. The highest BCUT2D eigenvalue weighted by Gasteiger charge is 2.10. The first-order valence-corrected chi connectivity index (χ1v) is 6.95. The second kappa shape index (κ2) is 9.34. The Kier molecular flexibility index (Phi) is 7.69. The van der Waals surface area contributed by atoms with E-state index >= 15 is 0 Å². The van der Waals surface area contributed by atoms with Gasteiger partial charge in [-0.1, -0.05) is 26.0 Å². The van der Waals surface area contributed by atoms with Crippen molar-refractivity contribution in [2.75, 3.05) is 19.8 Å². The van der Waals surface area contributed by atoms with Gasteiger partial charge in [0.2, 0.25) is 0 Å². The largest absolute Gasteiger partial charge is 0.490 e. The van der Waals surface area contributed by atoms with Crippen molar-refractivity contribution in [2.45, 2.75) is 26.7 Å². The Hall–Kier alpha value is -1.59. The lowest BCUT2D eigenvalue weighted by Crippen LogP contribution is -2.30. The third-order valence-corrected chi connectivity index (χ3v) is 2.82. The third-order valence-electron chi connectivity index (χ3n) is 2.82. The number of amides is 1. The van der Waals surface area contributed by atoms with Gasteiger partial charge in [0.25, 0.3) is 5.91 Å². The van der Waals surface area contributed by atoms with Crippen LogP contribution in [0.15, 0.2) is 24.3 Å². The normalized spacial score (nSPS) is 10.6. The average molecular weight is 280 g/mol. The summed E-state index contributed by atoms with van der Waals surface area (Å²) in [7, 11) is 0. The Morgan fingerprint density at radius 2 is 2.00 bits per heavy atom. The van der Waals surface area contributed by atoms with E-state index in [1.807, 2.05) is 6.07 Å². The maximum Gasteiger partial charge on any atom is 0.268 e. The van der Waals surface area contributed by atoms with E-state index in [0.29, 0.717) is 30.4 Å². The Morgan fingerprint density at radius 1 is 1.25 bits per heavy atom. The van der Waals surface area contributed by atoms with Crippen molar-refractivity contribution in [3.05, 3.63) is 29.8 Å². The first-order valence-electron chi connectivity index (χ1n) is 6.95. The van der Waals surface area contributed by atoms with Crippen LogP contribution in [0.3, 0.4) is 0 Å². The Bertz CT molecular complexity index is 408. The van der Waals surface area contributed by atoms with Crippen molar-refractivity contribution >= 4 is 5.91 Å². The highest BCUT2D eigenvalue weighted by Crippen LogP contribution is 2.17. The van der Waals surface area contributed by atoms with Gasteiger partial charge in [-0.2, -0.15) is 0 Å². The molecule has 0 unspecified atom stereocenters. The summed E-state index contributed by atoms with van der Waals surface area (Å²) in [5.74, 6) is 5.98. The molecular weight excluding hydrogens is 256 g/mol. The van der Waals surface area contributed by atoms with Gasteiger partial charge < -0.3 is 9.47 Å². The third kappa shape index (κ3) is 6.04. The van der Waals surface area contributed by atoms with Gasteiger partial charge in [-0.25, -0.2) is 5.84 Å². The van der Waals surface area contributed by atoms with E-state index in [2.05, 4.69) is 19.3 Å². The number of nitrogens with two attached hydrogens (primary N) is 1. The molecule has 0 atom stereocenters. The molecule has 1 amide bonds. The number of nitrogens with one attached hydrogen (secondary N) is 1. The van der Waals surface area contributed by atoms with E-state index < -0.39 is 0 Å². The second-order valence-corrected chi connectivity index (χ2v) is 4.97. The van der Waals surface area contributed by atoms with Gasteiger partial charge >= 0.3 is 0 Å². The van der Waals surface area contributed by atoms with Crippen LogP contribution in [0, 0.1) is 5.92 Å². The lowest BCUT2D eigenvalue weighted by atomic mass is 10.1. The molecule has 5 heteroatoms. The van der Waals surface area contributed by atoms with E-state index in [1.54, 1.807) is 18.2 Å². The molecule has 3 N–H and O–H groups in total. The summed E-state index contributed by atoms with van der Waals surface area (Å²) >= 11 is 0. The molecule has 0 saturated carbocycles. The fourth-order valence-corrected chi connectivity index (χ4v) is 1.76. The maximum atomic E-state index is 11.5. The summed E-state index contributed by atoms with van der Waals surface area (Å²) in [6.07, 6.45) is 2.23. The van der Waals surface area contributed by atoms with Crippen LogP contribution in [0.4, 0.5) is 0 Å². The fourth-order valence-electron chi connectivity index (χ4n) is 1.76. The molecule has 0 aliphatic carbocycles. The minimum Gasteiger partial charge on any atom is -0.490 e. The van der Waals surface area contributed by atoms with E-state index in [4.69, 9.17) is 15.3 Å². The molecule has 112 valence electrons.